The first-order valence-corrected chi connectivity index (χ1v) is 8.30. The van der Waals surface area contributed by atoms with Crippen molar-refractivity contribution in [3.8, 4) is 0 Å². The molecule has 2 aromatic rings. The topological polar surface area (TPSA) is 20.3 Å². The Balaban J connectivity index is 2.15. The monoisotopic (exact) mass is 401 g/mol. The second-order valence-electron chi connectivity index (χ2n) is 4.04. The maximum Gasteiger partial charge on any atom is 0.264 e. The van der Waals surface area contributed by atoms with Crippen LogP contribution in [0, 0.1) is 0 Å². The number of carbonyl (C=O) groups excluding carboxylic acids is 1. The summed E-state index contributed by atoms with van der Waals surface area (Å²) in [6.45, 7) is 3.34. The molecule has 0 spiro atoms. The Morgan fingerprint density at radius 2 is 1.95 bits per heavy atom. The Bertz CT molecular complexity index is 549. The van der Waals surface area contributed by atoms with Crippen molar-refractivity contribution in [2.75, 3.05) is 6.54 Å². The molecule has 2 nitrogen and oxygen atoms in total. The number of nitrogens with zero attached hydrogens (tertiary/aromatic N) is 1. The molecule has 1 amide bonds. The van der Waals surface area contributed by atoms with Gasteiger partial charge in [-0.05, 0) is 50.4 Å². The van der Waals surface area contributed by atoms with E-state index >= 15 is 0 Å². The molecule has 0 bridgehead atoms. The van der Waals surface area contributed by atoms with E-state index in [2.05, 4.69) is 31.9 Å². The minimum absolute atomic E-state index is 0.0720. The maximum absolute atomic E-state index is 12.4. The fourth-order valence-electron chi connectivity index (χ4n) is 1.74. The molecular weight excluding hydrogens is 390 g/mol. The summed E-state index contributed by atoms with van der Waals surface area (Å²) in [5.41, 5.74) is 1.15. The van der Waals surface area contributed by atoms with E-state index in [9.17, 15) is 4.79 Å². The molecule has 0 aliphatic rings. The van der Waals surface area contributed by atoms with Crippen molar-refractivity contribution in [3.05, 3.63) is 55.1 Å². The third-order valence-corrected chi connectivity index (χ3v) is 5.99. The van der Waals surface area contributed by atoms with Gasteiger partial charge < -0.3 is 4.90 Å². The van der Waals surface area contributed by atoms with Crippen LogP contribution < -0.4 is 0 Å². The number of halogens is 2. The van der Waals surface area contributed by atoms with Crippen molar-refractivity contribution in [1.29, 1.82) is 0 Å². The van der Waals surface area contributed by atoms with E-state index in [1.807, 2.05) is 48.2 Å². The van der Waals surface area contributed by atoms with E-state index < -0.39 is 0 Å². The number of hydrogen-bond acceptors (Lipinski definition) is 2. The summed E-state index contributed by atoms with van der Waals surface area (Å²) in [4.78, 5) is 15.0. The van der Waals surface area contributed by atoms with Gasteiger partial charge in [0.25, 0.3) is 5.91 Å². The number of rotatable bonds is 4. The van der Waals surface area contributed by atoms with Crippen LogP contribution in [0.5, 0.6) is 0 Å². The average Bonchev–Trinajstić information content (AvgIpc) is 2.76. The highest BCUT2D eigenvalue weighted by molar-refractivity contribution is 9.13. The summed E-state index contributed by atoms with van der Waals surface area (Å²) >= 11 is 8.29. The van der Waals surface area contributed by atoms with Gasteiger partial charge in [-0.15, -0.1) is 11.3 Å². The standard InChI is InChI=1S/C14H13Br2NOS/c1-2-17(9-10-6-4-3-5-7-10)14(18)12-8-11(15)13(16)19-12/h3-8H,2,9H2,1H3. The first kappa shape index (κ1) is 14.8. The largest absolute Gasteiger partial charge is 0.334 e. The molecule has 100 valence electrons. The molecule has 19 heavy (non-hydrogen) atoms. The Morgan fingerprint density at radius 1 is 1.26 bits per heavy atom. The van der Waals surface area contributed by atoms with Crippen molar-refractivity contribution in [1.82, 2.24) is 4.90 Å². The second-order valence-corrected chi connectivity index (χ2v) is 7.26. The SMILES string of the molecule is CCN(Cc1ccccc1)C(=O)c1cc(Br)c(Br)s1. The van der Waals surface area contributed by atoms with E-state index in [4.69, 9.17) is 0 Å². The number of amides is 1. The smallest absolute Gasteiger partial charge is 0.264 e. The molecule has 2 rings (SSSR count). The summed E-state index contributed by atoms with van der Waals surface area (Å²) in [7, 11) is 0. The Kier molecular flexibility index (Phi) is 5.19. The Morgan fingerprint density at radius 3 is 2.47 bits per heavy atom. The van der Waals surface area contributed by atoms with Crippen LogP contribution in [-0.4, -0.2) is 17.4 Å². The normalized spacial score (nSPS) is 10.5. The van der Waals surface area contributed by atoms with E-state index in [0.29, 0.717) is 13.1 Å². The van der Waals surface area contributed by atoms with E-state index in [-0.39, 0.29) is 5.91 Å². The molecule has 0 saturated carbocycles. The quantitative estimate of drug-likeness (QED) is 0.709. The molecule has 0 saturated heterocycles. The van der Waals surface area contributed by atoms with Crippen molar-refractivity contribution in [2.24, 2.45) is 0 Å². The van der Waals surface area contributed by atoms with Crippen molar-refractivity contribution < 1.29 is 4.79 Å². The van der Waals surface area contributed by atoms with Crippen molar-refractivity contribution >= 4 is 49.1 Å². The number of thiophene rings is 1. The molecule has 1 aromatic heterocycles. The zero-order valence-corrected chi connectivity index (χ0v) is 14.4. The highest BCUT2D eigenvalue weighted by Gasteiger charge is 2.18. The highest BCUT2D eigenvalue weighted by Crippen LogP contribution is 2.33. The second kappa shape index (κ2) is 6.68. The number of carbonyl (C=O) groups is 1. The summed E-state index contributed by atoms with van der Waals surface area (Å²) in [5.74, 6) is 0.0720. The summed E-state index contributed by atoms with van der Waals surface area (Å²) < 4.78 is 1.88. The van der Waals surface area contributed by atoms with Crippen LogP contribution in [-0.2, 0) is 6.54 Å². The predicted molar refractivity (Wildman–Crippen MR) is 86.6 cm³/mol. The van der Waals surface area contributed by atoms with Gasteiger partial charge in [0.05, 0.1) is 8.66 Å². The highest BCUT2D eigenvalue weighted by atomic mass is 79.9. The van der Waals surface area contributed by atoms with Gasteiger partial charge in [0.2, 0.25) is 0 Å². The summed E-state index contributed by atoms with van der Waals surface area (Å²) in [6, 6.07) is 11.9. The van der Waals surface area contributed by atoms with Gasteiger partial charge in [0, 0.05) is 17.6 Å². The van der Waals surface area contributed by atoms with Crippen LogP contribution in [0.3, 0.4) is 0 Å². The van der Waals surface area contributed by atoms with Crippen LogP contribution in [0.2, 0.25) is 0 Å². The summed E-state index contributed by atoms with van der Waals surface area (Å²) in [5, 5.41) is 0. The van der Waals surface area contributed by atoms with Gasteiger partial charge >= 0.3 is 0 Å². The molecule has 5 heteroatoms. The van der Waals surface area contributed by atoms with Gasteiger partial charge in [0.15, 0.2) is 0 Å². The minimum Gasteiger partial charge on any atom is -0.334 e. The lowest BCUT2D eigenvalue weighted by Gasteiger charge is -2.20. The fraction of sp³-hybridized carbons (Fsp3) is 0.214. The number of hydrogen-bond donors (Lipinski definition) is 0. The molecule has 1 aromatic carbocycles. The molecule has 0 aliphatic heterocycles. The molecule has 1 heterocycles. The van der Waals surface area contributed by atoms with Gasteiger partial charge in [-0.3, -0.25) is 4.79 Å². The van der Waals surface area contributed by atoms with Gasteiger partial charge in [-0.1, -0.05) is 30.3 Å². The average molecular weight is 403 g/mol. The molecule has 0 aliphatic carbocycles. The molecule has 0 unspecified atom stereocenters. The molecule has 0 radical (unpaired) electrons. The van der Waals surface area contributed by atoms with Crippen LogP contribution in [0.15, 0.2) is 44.7 Å². The first-order chi connectivity index (χ1) is 9.11. The van der Waals surface area contributed by atoms with Gasteiger partial charge in [-0.2, -0.15) is 0 Å². The Labute approximate surface area is 133 Å². The lowest BCUT2D eigenvalue weighted by molar-refractivity contribution is 0.0757. The van der Waals surface area contributed by atoms with E-state index in [1.165, 1.54) is 11.3 Å². The minimum atomic E-state index is 0.0720. The molecule has 0 fully saturated rings. The van der Waals surface area contributed by atoms with Gasteiger partial charge in [-0.25, -0.2) is 0 Å². The van der Waals surface area contributed by atoms with Crippen LogP contribution >= 0.6 is 43.2 Å². The van der Waals surface area contributed by atoms with Crippen LogP contribution in [0.4, 0.5) is 0 Å². The lowest BCUT2D eigenvalue weighted by atomic mass is 10.2. The molecule has 0 atom stereocenters. The van der Waals surface area contributed by atoms with E-state index in [0.717, 1.165) is 18.7 Å². The van der Waals surface area contributed by atoms with Crippen LogP contribution in [0.25, 0.3) is 0 Å². The first-order valence-electron chi connectivity index (χ1n) is 5.90. The summed E-state index contributed by atoms with van der Waals surface area (Å²) in [6.07, 6.45) is 0. The lowest BCUT2D eigenvalue weighted by Crippen LogP contribution is -2.29. The predicted octanol–water partition coefficient (Wildman–Crippen LogP) is 4.94. The molecule has 0 N–H and O–H groups in total. The Hall–Kier alpha value is -0.650. The maximum atomic E-state index is 12.4. The third kappa shape index (κ3) is 3.68. The van der Waals surface area contributed by atoms with Crippen molar-refractivity contribution in [2.45, 2.75) is 13.5 Å². The third-order valence-electron chi connectivity index (χ3n) is 2.74. The fourth-order valence-corrected chi connectivity index (χ4v) is 3.74. The number of benzene rings is 1. The molecular formula is C14H13Br2NOS. The van der Waals surface area contributed by atoms with Crippen LogP contribution in [0.1, 0.15) is 22.2 Å². The zero-order chi connectivity index (χ0) is 13.8. The van der Waals surface area contributed by atoms with Gasteiger partial charge in [0.1, 0.15) is 0 Å². The van der Waals surface area contributed by atoms with E-state index in [1.54, 1.807) is 0 Å². The zero-order valence-electron chi connectivity index (χ0n) is 10.4. The van der Waals surface area contributed by atoms with Crippen molar-refractivity contribution in [3.63, 3.8) is 0 Å².